The number of ether oxygens (including phenoxy) is 1. The van der Waals surface area contributed by atoms with Gasteiger partial charge >= 0.3 is 6.03 Å². The lowest BCUT2D eigenvalue weighted by Gasteiger charge is -2.36. The van der Waals surface area contributed by atoms with Gasteiger partial charge in [0.15, 0.2) is 0 Å². The smallest absolute Gasteiger partial charge is 0.324 e. The van der Waals surface area contributed by atoms with Crippen LogP contribution in [0.4, 0.5) is 16.2 Å². The Morgan fingerprint density at radius 2 is 1.79 bits per heavy atom. The number of nitrogens with zero attached hydrogens (tertiary/aromatic N) is 2. The molecule has 0 aromatic heterocycles. The van der Waals surface area contributed by atoms with Crippen LogP contribution >= 0.6 is 0 Å². The van der Waals surface area contributed by atoms with Crippen molar-refractivity contribution in [1.29, 1.82) is 0 Å². The molecule has 0 bridgehead atoms. The Hall–Kier alpha value is -3.80. The molecule has 1 fully saturated rings. The third-order valence-electron chi connectivity index (χ3n) is 6.17. The van der Waals surface area contributed by atoms with Crippen molar-refractivity contribution < 1.29 is 14.3 Å². The molecule has 1 aliphatic rings. The summed E-state index contributed by atoms with van der Waals surface area (Å²) >= 11 is 0. The van der Waals surface area contributed by atoms with Gasteiger partial charge in [-0.15, -0.1) is 0 Å². The first-order valence-corrected chi connectivity index (χ1v) is 11.7. The maximum Gasteiger partial charge on any atom is 0.324 e. The van der Waals surface area contributed by atoms with E-state index in [-0.39, 0.29) is 17.9 Å². The number of carbonyl (C=O) groups excluding carboxylic acids is 2. The molecular formula is C28H31N3O3. The van der Waals surface area contributed by atoms with Crippen LogP contribution in [-0.2, 0) is 11.3 Å². The van der Waals surface area contributed by atoms with Crippen molar-refractivity contribution in [3.05, 3.63) is 90.0 Å². The Kier molecular flexibility index (Phi) is 7.48. The molecule has 1 aliphatic heterocycles. The number of hydrogen-bond acceptors (Lipinski definition) is 3. The quantitative estimate of drug-likeness (QED) is 0.475. The lowest BCUT2D eigenvalue weighted by molar-refractivity contribution is -0.117. The van der Waals surface area contributed by atoms with Crippen LogP contribution in [0.25, 0.3) is 0 Å². The van der Waals surface area contributed by atoms with E-state index in [9.17, 15) is 9.59 Å². The highest BCUT2D eigenvalue weighted by Gasteiger charge is 2.27. The third-order valence-corrected chi connectivity index (χ3v) is 6.17. The number of methoxy groups -OCH3 is 1. The maximum atomic E-state index is 13.3. The molecule has 0 unspecified atom stereocenters. The lowest BCUT2D eigenvalue weighted by atomic mass is 9.95. The fourth-order valence-corrected chi connectivity index (χ4v) is 4.40. The fourth-order valence-electron chi connectivity index (χ4n) is 4.40. The van der Waals surface area contributed by atoms with E-state index in [1.807, 2.05) is 90.7 Å². The van der Waals surface area contributed by atoms with Gasteiger partial charge in [0.05, 0.1) is 13.0 Å². The molecule has 34 heavy (non-hydrogen) atoms. The van der Waals surface area contributed by atoms with Crippen LogP contribution in [0.3, 0.4) is 0 Å². The van der Waals surface area contributed by atoms with Crippen molar-refractivity contribution in [2.75, 3.05) is 30.4 Å². The highest BCUT2D eigenvalue weighted by molar-refractivity contribution is 5.97. The number of anilines is 2. The molecule has 3 aromatic carbocycles. The molecule has 3 aromatic rings. The van der Waals surface area contributed by atoms with Gasteiger partial charge in [-0.25, -0.2) is 4.79 Å². The summed E-state index contributed by atoms with van der Waals surface area (Å²) in [5.74, 6) is 0.512. The van der Waals surface area contributed by atoms with Crippen LogP contribution in [0, 0.1) is 0 Å². The molecule has 1 N–H and O–H groups in total. The predicted octanol–water partition coefficient (Wildman–Crippen LogP) is 5.66. The van der Waals surface area contributed by atoms with Gasteiger partial charge in [0.2, 0.25) is 5.91 Å². The van der Waals surface area contributed by atoms with Gasteiger partial charge in [0.1, 0.15) is 5.75 Å². The van der Waals surface area contributed by atoms with Crippen molar-refractivity contribution in [1.82, 2.24) is 4.90 Å². The number of amides is 3. The lowest BCUT2D eigenvalue weighted by Crippen LogP contribution is -2.49. The van der Waals surface area contributed by atoms with E-state index in [4.69, 9.17) is 4.74 Å². The molecule has 6 nitrogen and oxygen atoms in total. The van der Waals surface area contributed by atoms with Crippen molar-refractivity contribution in [2.45, 2.75) is 32.2 Å². The molecule has 1 atom stereocenters. The standard InChI is InChI=1S/C28H31N3O3/c1-3-26(22-11-5-4-6-12-22)27(32)29-23-13-8-14-24(19-23)31-17-9-16-30(28(31)33)20-21-10-7-15-25(18-21)34-2/h4-8,10-15,18-19,26H,3,9,16-17,20H2,1-2H3,(H,29,32)/t26-/m1/s1. The van der Waals surface area contributed by atoms with Crippen molar-refractivity contribution >= 4 is 23.3 Å². The van der Waals surface area contributed by atoms with Crippen LogP contribution in [0.5, 0.6) is 5.75 Å². The molecular weight excluding hydrogens is 426 g/mol. The summed E-state index contributed by atoms with van der Waals surface area (Å²) in [6.07, 6.45) is 1.58. The van der Waals surface area contributed by atoms with E-state index in [0.717, 1.165) is 29.0 Å². The second kappa shape index (κ2) is 10.9. The molecule has 0 radical (unpaired) electrons. The summed E-state index contributed by atoms with van der Waals surface area (Å²) in [6.45, 7) is 3.89. The number of nitrogens with one attached hydrogen (secondary N) is 1. The van der Waals surface area contributed by atoms with Gasteiger partial charge in [0, 0.05) is 31.0 Å². The number of hydrogen-bond donors (Lipinski definition) is 1. The van der Waals surface area contributed by atoms with Crippen LogP contribution in [0.2, 0.25) is 0 Å². The van der Waals surface area contributed by atoms with Crippen LogP contribution in [0.15, 0.2) is 78.9 Å². The van der Waals surface area contributed by atoms with Crippen LogP contribution in [-0.4, -0.2) is 37.0 Å². The number of rotatable bonds is 8. The minimum absolute atomic E-state index is 0.0340. The Morgan fingerprint density at radius 1 is 1.00 bits per heavy atom. The van der Waals surface area contributed by atoms with E-state index >= 15 is 0 Å². The molecule has 6 heteroatoms. The molecule has 0 saturated carbocycles. The SMILES string of the molecule is CC[C@@H](C(=O)Nc1cccc(N2CCCN(Cc3cccc(OC)c3)C2=O)c1)c1ccccc1. The zero-order chi connectivity index (χ0) is 23.9. The monoisotopic (exact) mass is 457 g/mol. The highest BCUT2D eigenvalue weighted by atomic mass is 16.5. The van der Waals surface area contributed by atoms with E-state index < -0.39 is 0 Å². The zero-order valence-electron chi connectivity index (χ0n) is 19.7. The second-order valence-electron chi connectivity index (χ2n) is 8.47. The van der Waals surface area contributed by atoms with Crippen LogP contribution < -0.4 is 15.0 Å². The van der Waals surface area contributed by atoms with Gasteiger partial charge in [-0.1, -0.05) is 55.5 Å². The Bertz CT molecular complexity index is 1130. The average molecular weight is 458 g/mol. The maximum absolute atomic E-state index is 13.3. The zero-order valence-corrected chi connectivity index (χ0v) is 19.7. The largest absolute Gasteiger partial charge is 0.497 e. The number of benzene rings is 3. The van der Waals surface area contributed by atoms with Gasteiger partial charge in [-0.05, 0) is 54.3 Å². The Morgan fingerprint density at radius 3 is 2.56 bits per heavy atom. The molecule has 4 rings (SSSR count). The Labute approximate surface area is 201 Å². The first-order valence-electron chi connectivity index (χ1n) is 11.7. The van der Waals surface area contributed by atoms with E-state index in [1.54, 1.807) is 12.0 Å². The van der Waals surface area contributed by atoms with E-state index in [0.29, 0.717) is 31.7 Å². The van der Waals surface area contributed by atoms with Gasteiger partial charge in [-0.2, -0.15) is 0 Å². The molecule has 3 amide bonds. The topological polar surface area (TPSA) is 61.9 Å². The Balaban J connectivity index is 1.47. The van der Waals surface area contributed by atoms with Crippen molar-refractivity contribution in [3.8, 4) is 5.75 Å². The molecule has 1 saturated heterocycles. The summed E-state index contributed by atoms with van der Waals surface area (Å²) in [5.41, 5.74) is 3.50. The third kappa shape index (κ3) is 5.39. The summed E-state index contributed by atoms with van der Waals surface area (Å²) < 4.78 is 5.31. The minimum Gasteiger partial charge on any atom is -0.497 e. The average Bonchev–Trinajstić information content (AvgIpc) is 2.87. The summed E-state index contributed by atoms with van der Waals surface area (Å²) in [5, 5.41) is 3.05. The molecule has 0 spiro atoms. The van der Waals surface area contributed by atoms with Gasteiger partial charge in [-0.3, -0.25) is 9.69 Å². The summed E-state index contributed by atoms with van der Waals surface area (Å²) in [7, 11) is 1.64. The van der Waals surface area contributed by atoms with Gasteiger partial charge < -0.3 is 15.0 Å². The van der Waals surface area contributed by atoms with Crippen molar-refractivity contribution in [3.63, 3.8) is 0 Å². The first-order chi connectivity index (χ1) is 16.6. The van der Waals surface area contributed by atoms with E-state index in [1.165, 1.54) is 0 Å². The summed E-state index contributed by atoms with van der Waals surface area (Å²) in [4.78, 5) is 29.9. The highest BCUT2D eigenvalue weighted by Crippen LogP contribution is 2.27. The first kappa shape index (κ1) is 23.4. The molecule has 1 heterocycles. The summed E-state index contributed by atoms with van der Waals surface area (Å²) in [6, 6.07) is 25.1. The normalized spacial score (nSPS) is 14.6. The number of carbonyl (C=O) groups is 2. The van der Waals surface area contributed by atoms with E-state index in [2.05, 4.69) is 5.32 Å². The molecule has 0 aliphatic carbocycles. The minimum atomic E-state index is -0.222. The van der Waals surface area contributed by atoms with Crippen molar-refractivity contribution in [2.24, 2.45) is 0 Å². The number of urea groups is 1. The predicted molar refractivity (Wildman–Crippen MR) is 135 cm³/mol. The molecule has 176 valence electrons. The fraction of sp³-hybridized carbons (Fsp3) is 0.286. The van der Waals surface area contributed by atoms with Gasteiger partial charge in [0.25, 0.3) is 0 Å². The van der Waals surface area contributed by atoms with Crippen LogP contribution in [0.1, 0.15) is 36.8 Å². The second-order valence-corrected chi connectivity index (χ2v) is 8.47.